The van der Waals surface area contributed by atoms with Crippen LogP contribution in [0.2, 0.25) is 0 Å². The van der Waals surface area contributed by atoms with E-state index in [2.05, 4.69) is 4.98 Å². The first-order valence-electron chi connectivity index (χ1n) is 9.45. The lowest BCUT2D eigenvalue weighted by molar-refractivity contribution is -0.138. The monoisotopic (exact) mass is 428 g/mol. The third-order valence-corrected chi connectivity index (χ3v) is 4.50. The van der Waals surface area contributed by atoms with Gasteiger partial charge >= 0.3 is 6.18 Å². The van der Waals surface area contributed by atoms with Crippen LogP contribution in [0.25, 0.3) is 11.3 Å². The first-order valence-corrected chi connectivity index (χ1v) is 9.45. The molecule has 3 rings (SSSR count). The number of alkyl halides is 3. The molecule has 0 radical (unpaired) electrons. The zero-order valence-corrected chi connectivity index (χ0v) is 16.4. The van der Waals surface area contributed by atoms with E-state index in [1.165, 1.54) is 18.2 Å². The van der Waals surface area contributed by atoms with Gasteiger partial charge in [0.25, 0.3) is 0 Å². The van der Waals surface area contributed by atoms with Crippen molar-refractivity contribution in [3.05, 3.63) is 77.0 Å². The molecule has 0 fully saturated rings. The summed E-state index contributed by atoms with van der Waals surface area (Å²) >= 11 is 0. The van der Waals surface area contributed by atoms with Crippen LogP contribution in [0, 0.1) is 11.3 Å². The zero-order chi connectivity index (χ0) is 22.4. The van der Waals surface area contributed by atoms with E-state index in [1.54, 1.807) is 18.2 Å². The van der Waals surface area contributed by atoms with Crippen molar-refractivity contribution >= 4 is 0 Å². The minimum absolute atomic E-state index is 0.0269. The summed E-state index contributed by atoms with van der Waals surface area (Å²) in [4.78, 5) is 4.49. The summed E-state index contributed by atoms with van der Waals surface area (Å²) < 4.78 is 45.4. The number of pyridine rings is 1. The van der Waals surface area contributed by atoms with Gasteiger partial charge in [0.05, 0.1) is 22.9 Å². The number of aliphatic hydroxyl groups is 2. The summed E-state index contributed by atoms with van der Waals surface area (Å²) in [7, 11) is 0. The lowest BCUT2D eigenvalue weighted by Gasteiger charge is -2.14. The number of aromatic nitrogens is 1. The van der Waals surface area contributed by atoms with Gasteiger partial charge < -0.3 is 14.9 Å². The highest BCUT2D eigenvalue weighted by Crippen LogP contribution is 2.39. The number of nitrogens with zero attached hydrogens (tertiary/aromatic N) is 2. The van der Waals surface area contributed by atoms with Crippen molar-refractivity contribution in [2.45, 2.75) is 19.0 Å². The molecule has 1 heterocycles. The van der Waals surface area contributed by atoms with Gasteiger partial charge in [-0.25, -0.2) is 0 Å². The minimum Gasteiger partial charge on any atom is -0.457 e. The predicted octanol–water partition coefficient (Wildman–Crippen LogP) is 4.50. The molecule has 0 bridgehead atoms. The van der Waals surface area contributed by atoms with Gasteiger partial charge in [0.1, 0.15) is 11.5 Å². The number of benzene rings is 2. The molecule has 0 aliphatic heterocycles. The van der Waals surface area contributed by atoms with Gasteiger partial charge in [-0.05, 0) is 66.6 Å². The summed E-state index contributed by atoms with van der Waals surface area (Å²) in [5.41, 5.74) is 1.74. The van der Waals surface area contributed by atoms with E-state index in [0.29, 0.717) is 29.8 Å². The molecule has 3 aromatic rings. The molecule has 2 aromatic carbocycles. The number of hydrogen-bond donors (Lipinski definition) is 2. The molecule has 8 heteroatoms. The average Bonchev–Trinajstić information content (AvgIpc) is 2.74. The molecule has 5 nitrogen and oxygen atoms in total. The second kappa shape index (κ2) is 9.60. The fraction of sp³-hybridized carbons (Fsp3) is 0.217. The molecule has 1 aromatic heterocycles. The van der Waals surface area contributed by atoms with E-state index in [9.17, 15) is 23.4 Å². The van der Waals surface area contributed by atoms with Gasteiger partial charge in [0.2, 0.25) is 0 Å². The molecule has 0 spiro atoms. The Morgan fingerprint density at radius 3 is 2.26 bits per heavy atom. The molecule has 31 heavy (non-hydrogen) atoms. The summed E-state index contributed by atoms with van der Waals surface area (Å²) in [6, 6.07) is 14.8. The third kappa shape index (κ3) is 5.60. The Bertz CT molecular complexity index is 1070. The van der Waals surface area contributed by atoms with Gasteiger partial charge in [0, 0.05) is 30.9 Å². The number of halogens is 3. The Hall–Kier alpha value is -3.41. The van der Waals surface area contributed by atoms with Crippen LogP contribution in [-0.4, -0.2) is 28.4 Å². The quantitative estimate of drug-likeness (QED) is 0.579. The van der Waals surface area contributed by atoms with Crippen molar-refractivity contribution in [2.24, 2.45) is 0 Å². The van der Waals surface area contributed by atoms with E-state index in [4.69, 9.17) is 10.00 Å². The molecule has 0 amide bonds. The molecular weight excluding hydrogens is 409 g/mol. The van der Waals surface area contributed by atoms with Crippen LogP contribution in [0.1, 0.15) is 22.4 Å². The zero-order valence-electron chi connectivity index (χ0n) is 16.4. The summed E-state index contributed by atoms with van der Waals surface area (Å²) in [5.74, 6) is -0.200. The van der Waals surface area contributed by atoms with Crippen LogP contribution < -0.4 is 4.74 Å². The molecule has 2 N–H and O–H groups in total. The van der Waals surface area contributed by atoms with Gasteiger partial charge in [-0.15, -0.1) is 0 Å². The Labute approximate surface area is 177 Å². The van der Waals surface area contributed by atoms with Gasteiger partial charge in [0.15, 0.2) is 0 Å². The maximum absolute atomic E-state index is 13.3. The van der Waals surface area contributed by atoms with Gasteiger partial charge in [-0.2, -0.15) is 18.4 Å². The maximum Gasteiger partial charge on any atom is 0.420 e. The van der Waals surface area contributed by atoms with Crippen LogP contribution in [0.4, 0.5) is 13.2 Å². The van der Waals surface area contributed by atoms with Gasteiger partial charge in [-0.1, -0.05) is 0 Å². The number of rotatable bonds is 7. The lowest BCUT2D eigenvalue weighted by atomic mass is 10.1. The van der Waals surface area contributed by atoms with Crippen LogP contribution in [0.15, 0.2) is 54.6 Å². The molecule has 160 valence electrons. The molecule has 0 saturated carbocycles. The highest BCUT2D eigenvalue weighted by molar-refractivity contribution is 5.61. The predicted molar refractivity (Wildman–Crippen MR) is 107 cm³/mol. The minimum atomic E-state index is -4.66. The van der Waals surface area contributed by atoms with Crippen LogP contribution >= 0.6 is 0 Å². The maximum atomic E-state index is 13.3. The van der Waals surface area contributed by atoms with Crippen molar-refractivity contribution in [3.63, 3.8) is 0 Å². The average molecular weight is 428 g/mol. The molecule has 0 aliphatic carbocycles. The van der Waals surface area contributed by atoms with E-state index in [1.807, 2.05) is 12.1 Å². The number of aliphatic hydroxyl groups excluding tert-OH is 2. The Balaban J connectivity index is 1.89. The Morgan fingerprint density at radius 2 is 1.65 bits per heavy atom. The Morgan fingerprint density at radius 1 is 0.935 bits per heavy atom. The smallest absolute Gasteiger partial charge is 0.420 e. The largest absolute Gasteiger partial charge is 0.457 e. The summed E-state index contributed by atoms with van der Waals surface area (Å²) in [6.07, 6.45) is -3.86. The number of hydrogen-bond acceptors (Lipinski definition) is 5. The van der Waals surface area contributed by atoms with E-state index < -0.39 is 17.5 Å². The molecule has 0 saturated heterocycles. The SMILES string of the molecule is N#Cc1ccc(Oc2ccc(-c3cc(CCO)cc(CCO)n3)cc2)c(C(F)(F)F)c1. The van der Waals surface area contributed by atoms with E-state index in [0.717, 1.165) is 17.7 Å². The van der Waals surface area contributed by atoms with Crippen molar-refractivity contribution in [1.29, 1.82) is 5.26 Å². The van der Waals surface area contributed by atoms with Crippen LogP contribution in [0.5, 0.6) is 11.5 Å². The van der Waals surface area contributed by atoms with Crippen molar-refractivity contribution in [3.8, 4) is 28.8 Å². The molecule has 0 aliphatic rings. The first kappa shape index (κ1) is 22.3. The summed E-state index contributed by atoms with van der Waals surface area (Å²) in [5, 5.41) is 27.3. The second-order valence-corrected chi connectivity index (χ2v) is 6.75. The van der Waals surface area contributed by atoms with Gasteiger partial charge in [-0.3, -0.25) is 4.98 Å². The Kier molecular flexibility index (Phi) is 6.90. The normalized spacial score (nSPS) is 11.2. The van der Waals surface area contributed by atoms with E-state index in [-0.39, 0.29) is 24.5 Å². The number of ether oxygens (including phenoxy) is 1. The standard InChI is InChI=1S/C23H19F3N2O3/c24-23(25,26)20-12-16(14-27)1-6-22(20)31-19-4-2-17(3-5-19)21-13-15(7-9-29)11-18(28-21)8-10-30/h1-6,11-13,29-30H,7-10H2. The van der Waals surface area contributed by atoms with Crippen molar-refractivity contribution in [2.75, 3.05) is 13.2 Å². The highest BCUT2D eigenvalue weighted by atomic mass is 19.4. The molecule has 0 atom stereocenters. The topological polar surface area (TPSA) is 86.4 Å². The molecular formula is C23H19F3N2O3. The number of nitriles is 1. The fourth-order valence-corrected chi connectivity index (χ4v) is 3.05. The van der Waals surface area contributed by atoms with Crippen LogP contribution in [-0.2, 0) is 19.0 Å². The first-order chi connectivity index (χ1) is 14.8. The fourth-order valence-electron chi connectivity index (χ4n) is 3.05. The second-order valence-electron chi connectivity index (χ2n) is 6.75. The molecule has 0 unspecified atom stereocenters. The van der Waals surface area contributed by atoms with Crippen molar-refractivity contribution < 1.29 is 28.1 Å². The highest BCUT2D eigenvalue weighted by Gasteiger charge is 2.35. The summed E-state index contributed by atoms with van der Waals surface area (Å²) in [6.45, 7) is -0.0884. The van der Waals surface area contributed by atoms with E-state index >= 15 is 0 Å². The van der Waals surface area contributed by atoms with Crippen LogP contribution in [0.3, 0.4) is 0 Å². The lowest BCUT2D eigenvalue weighted by Crippen LogP contribution is -2.07. The third-order valence-electron chi connectivity index (χ3n) is 4.50. The van der Waals surface area contributed by atoms with Crippen molar-refractivity contribution in [1.82, 2.24) is 4.98 Å².